The molecule has 1 aliphatic rings. The summed E-state index contributed by atoms with van der Waals surface area (Å²) in [5.74, 6) is -0.143. The van der Waals surface area contributed by atoms with E-state index in [1.54, 1.807) is 12.1 Å². The molecule has 2 aromatic carbocycles. The Bertz CT molecular complexity index is 738. The van der Waals surface area contributed by atoms with Gasteiger partial charge in [0.2, 0.25) is 5.91 Å². The number of rotatable bonds is 6. The van der Waals surface area contributed by atoms with Gasteiger partial charge < -0.3 is 5.32 Å². The summed E-state index contributed by atoms with van der Waals surface area (Å²) in [5, 5.41) is 7.07. The quantitative estimate of drug-likeness (QED) is 0.633. The van der Waals surface area contributed by atoms with Crippen LogP contribution in [0.2, 0.25) is 0 Å². The molecular weight excluding hydrogens is 302 g/mol. The van der Waals surface area contributed by atoms with Crippen LogP contribution in [0.15, 0.2) is 65.8 Å². The summed E-state index contributed by atoms with van der Waals surface area (Å²) < 4.78 is 0. The average Bonchev–Trinajstić information content (AvgIpc) is 3.48. The van der Waals surface area contributed by atoms with Crippen LogP contribution in [0.4, 0.5) is 0 Å². The molecule has 1 aliphatic carbocycles. The highest BCUT2D eigenvalue weighted by atomic mass is 16.2. The number of amides is 2. The molecule has 0 bridgehead atoms. The minimum atomic E-state index is -0.173. The van der Waals surface area contributed by atoms with Crippen LogP contribution in [0, 0.1) is 5.92 Å². The summed E-state index contributed by atoms with van der Waals surface area (Å²) in [4.78, 5) is 24.0. The molecule has 5 heteroatoms. The third-order valence-electron chi connectivity index (χ3n) is 3.81. The Kier molecular flexibility index (Phi) is 5.01. The summed E-state index contributed by atoms with van der Waals surface area (Å²) in [7, 11) is 0. The van der Waals surface area contributed by atoms with Crippen molar-refractivity contribution in [2.24, 2.45) is 11.0 Å². The van der Waals surface area contributed by atoms with Crippen molar-refractivity contribution in [1.29, 1.82) is 0 Å². The molecular formula is C19H19N3O2. The number of carbonyl (C=O) groups excluding carboxylic acids is 2. The molecule has 3 rings (SSSR count). The number of benzene rings is 2. The van der Waals surface area contributed by atoms with E-state index in [4.69, 9.17) is 0 Å². The fraction of sp³-hybridized carbons (Fsp3) is 0.211. The second kappa shape index (κ2) is 7.55. The first kappa shape index (κ1) is 15.9. The molecule has 0 saturated heterocycles. The Balaban J connectivity index is 1.69. The summed E-state index contributed by atoms with van der Waals surface area (Å²) in [6.45, 7) is 0.239. The van der Waals surface area contributed by atoms with Crippen molar-refractivity contribution in [2.45, 2.75) is 12.8 Å². The van der Waals surface area contributed by atoms with Crippen molar-refractivity contribution in [1.82, 2.24) is 10.7 Å². The minimum absolute atomic E-state index is 0.0576. The molecule has 0 unspecified atom stereocenters. The van der Waals surface area contributed by atoms with Crippen LogP contribution in [0.1, 0.15) is 28.8 Å². The molecule has 5 nitrogen and oxygen atoms in total. The van der Waals surface area contributed by atoms with Crippen molar-refractivity contribution >= 4 is 17.5 Å². The standard InChI is InChI=1S/C19H19N3O2/c23-18(15-9-5-2-6-10-15)20-13-17(14-7-3-1-4-8-14)21-22-19(24)16-11-12-16/h1-10,16H,11-13H2,(H,20,23)(H,22,24). The molecule has 1 saturated carbocycles. The van der Waals surface area contributed by atoms with E-state index in [1.165, 1.54) is 0 Å². The van der Waals surface area contributed by atoms with Crippen LogP contribution < -0.4 is 10.7 Å². The summed E-state index contributed by atoms with van der Waals surface area (Å²) in [6.07, 6.45) is 1.85. The molecule has 2 aromatic rings. The zero-order valence-electron chi connectivity index (χ0n) is 13.2. The lowest BCUT2D eigenvalue weighted by Crippen LogP contribution is -2.32. The van der Waals surface area contributed by atoms with E-state index in [-0.39, 0.29) is 24.3 Å². The molecule has 0 heterocycles. The highest BCUT2D eigenvalue weighted by Crippen LogP contribution is 2.28. The zero-order chi connectivity index (χ0) is 16.8. The second-order valence-corrected chi connectivity index (χ2v) is 5.72. The van der Waals surface area contributed by atoms with Gasteiger partial charge in [-0.05, 0) is 30.5 Å². The minimum Gasteiger partial charge on any atom is -0.346 e. The smallest absolute Gasteiger partial charge is 0.251 e. The third-order valence-corrected chi connectivity index (χ3v) is 3.81. The Labute approximate surface area is 140 Å². The lowest BCUT2D eigenvalue weighted by atomic mass is 10.1. The van der Waals surface area contributed by atoms with Crippen LogP contribution >= 0.6 is 0 Å². The van der Waals surface area contributed by atoms with Gasteiger partial charge in [-0.1, -0.05) is 48.5 Å². The Hall–Kier alpha value is -2.95. The second-order valence-electron chi connectivity index (χ2n) is 5.72. The monoisotopic (exact) mass is 321 g/mol. The Morgan fingerprint density at radius 2 is 1.50 bits per heavy atom. The molecule has 2 N–H and O–H groups in total. The zero-order valence-corrected chi connectivity index (χ0v) is 13.2. The highest BCUT2D eigenvalue weighted by Gasteiger charge is 2.29. The van der Waals surface area contributed by atoms with Gasteiger partial charge in [0.1, 0.15) is 0 Å². The number of hydrogen-bond acceptors (Lipinski definition) is 3. The Morgan fingerprint density at radius 1 is 0.917 bits per heavy atom. The number of hydrogen-bond donors (Lipinski definition) is 2. The summed E-state index contributed by atoms with van der Waals surface area (Å²) in [5.41, 5.74) is 4.68. The van der Waals surface area contributed by atoms with E-state index < -0.39 is 0 Å². The number of carbonyl (C=O) groups is 2. The SMILES string of the molecule is O=C(NCC(=NNC(=O)C1CC1)c1ccccc1)c1ccccc1. The van der Waals surface area contributed by atoms with Crippen LogP contribution in [0.5, 0.6) is 0 Å². The van der Waals surface area contributed by atoms with E-state index >= 15 is 0 Å². The van der Waals surface area contributed by atoms with Crippen LogP contribution in [0.3, 0.4) is 0 Å². The maximum Gasteiger partial charge on any atom is 0.251 e. The first-order valence-electron chi connectivity index (χ1n) is 7.99. The van der Waals surface area contributed by atoms with E-state index in [0.717, 1.165) is 18.4 Å². The maximum atomic E-state index is 12.2. The van der Waals surface area contributed by atoms with E-state index in [1.807, 2.05) is 48.5 Å². The van der Waals surface area contributed by atoms with Gasteiger partial charge in [0.05, 0.1) is 12.3 Å². The topological polar surface area (TPSA) is 70.6 Å². The fourth-order valence-electron chi connectivity index (χ4n) is 2.25. The van der Waals surface area contributed by atoms with Crippen molar-refractivity contribution in [3.05, 3.63) is 71.8 Å². The average molecular weight is 321 g/mol. The van der Waals surface area contributed by atoms with Crippen molar-refractivity contribution < 1.29 is 9.59 Å². The predicted octanol–water partition coefficient (Wildman–Crippen LogP) is 2.35. The van der Waals surface area contributed by atoms with Gasteiger partial charge in [0.25, 0.3) is 5.91 Å². The summed E-state index contributed by atoms with van der Waals surface area (Å²) >= 11 is 0. The van der Waals surface area contributed by atoms with Gasteiger partial charge in [0.15, 0.2) is 0 Å². The normalized spacial score (nSPS) is 14.1. The molecule has 0 atom stereocenters. The van der Waals surface area contributed by atoms with Gasteiger partial charge in [-0.2, -0.15) is 5.10 Å². The van der Waals surface area contributed by atoms with Crippen LogP contribution in [0.25, 0.3) is 0 Å². The van der Waals surface area contributed by atoms with Gasteiger partial charge in [-0.3, -0.25) is 9.59 Å². The first-order valence-corrected chi connectivity index (χ1v) is 7.99. The van der Waals surface area contributed by atoms with Gasteiger partial charge in [-0.25, -0.2) is 5.43 Å². The lowest BCUT2D eigenvalue weighted by molar-refractivity contribution is -0.122. The number of hydrazone groups is 1. The van der Waals surface area contributed by atoms with E-state index in [2.05, 4.69) is 15.8 Å². The van der Waals surface area contributed by atoms with Crippen molar-refractivity contribution in [2.75, 3.05) is 6.54 Å². The largest absolute Gasteiger partial charge is 0.346 e. The number of nitrogens with one attached hydrogen (secondary N) is 2. The highest BCUT2D eigenvalue weighted by molar-refractivity contribution is 6.05. The Morgan fingerprint density at radius 3 is 2.08 bits per heavy atom. The van der Waals surface area contributed by atoms with E-state index in [9.17, 15) is 9.59 Å². The molecule has 0 spiro atoms. The summed E-state index contributed by atoms with van der Waals surface area (Å²) in [6, 6.07) is 18.5. The van der Waals surface area contributed by atoms with E-state index in [0.29, 0.717) is 11.3 Å². The fourth-order valence-corrected chi connectivity index (χ4v) is 2.25. The van der Waals surface area contributed by atoms with Gasteiger partial charge in [-0.15, -0.1) is 0 Å². The van der Waals surface area contributed by atoms with Crippen LogP contribution in [-0.2, 0) is 4.79 Å². The molecule has 24 heavy (non-hydrogen) atoms. The van der Waals surface area contributed by atoms with Crippen LogP contribution in [-0.4, -0.2) is 24.1 Å². The first-order chi connectivity index (χ1) is 11.7. The molecule has 1 fully saturated rings. The van der Waals surface area contributed by atoms with Gasteiger partial charge >= 0.3 is 0 Å². The molecule has 122 valence electrons. The maximum absolute atomic E-state index is 12.2. The van der Waals surface area contributed by atoms with Gasteiger partial charge in [0, 0.05) is 11.5 Å². The van der Waals surface area contributed by atoms with Crippen molar-refractivity contribution in [3.63, 3.8) is 0 Å². The third kappa shape index (κ3) is 4.29. The molecule has 0 aromatic heterocycles. The lowest BCUT2D eigenvalue weighted by Gasteiger charge is -2.09. The predicted molar refractivity (Wildman–Crippen MR) is 92.6 cm³/mol. The molecule has 2 amide bonds. The molecule has 0 radical (unpaired) electrons. The molecule has 0 aliphatic heterocycles. The van der Waals surface area contributed by atoms with Crippen molar-refractivity contribution in [3.8, 4) is 0 Å². The number of nitrogens with zero attached hydrogens (tertiary/aromatic N) is 1.